The first-order valence-corrected chi connectivity index (χ1v) is 4.44. The minimum atomic E-state index is 0. The Morgan fingerprint density at radius 1 is 0.818 bits per heavy atom. The van der Waals surface area contributed by atoms with E-state index in [0.717, 1.165) is 12.8 Å². The summed E-state index contributed by atoms with van der Waals surface area (Å²) < 4.78 is 0. The van der Waals surface area contributed by atoms with Gasteiger partial charge in [0.05, 0.1) is 0 Å². The highest BCUT2D eigenvalue weighted by Gasteiger charge is 1.76. The van der Waals surface area contributed by atoms with E-state index in [1.807, 2.05) is 0 Å². The van der Waals surface area contributed by atoms with Crippen LogP contribution in [0.15, 0.2) is 0 Å². The lowest BCUT2D eigenvalue weighted by Crippen LogP contribution is -1.78. The molecule has 0 heterocycles. The normalized spacial score (nSPS) is 7.64. The van der Waals surface area contributed by atoms with E-state index in [9.17, 15) is 0 Å². The molecule has 11 heavy (non-hydrogen) atoms. The Bertz CT molecular complexity index is 34.5. The Balaban J connectivity index is -0.000000114. The molecular weight excluding hydrogens is 138 g/mol. The molecular formula is C9H25NO. The van der Waals surface area contributed by atoms with Gasteiger partial charge in [-0.2, -0.15) is 0 Å². The molecule has 0 aliphatic carbocycles. The third kappa shape index (κ3) is 40.5. The van der Waals surface area contributed by atoms with Gasteiger partial charge in [-0.05, 0) is 6.42 Å². The number of rotatable bonds is 4. The van der Waals surface area contributed by atoms with E-state index in [1.165, 1.54) is 19.3 Å². The van der Waals surface area contributed by atoms with Gasteiger partial charge in [-0.15, -0.1) is 0 Å². The summed E-state index contributed by atoms with van der Waals surface area (Å²) in [6.45, 7) is 6.84. The minimum absolute atomic E-state index is 0. The molecule has 0 unspecified atom stereocenters. The van der Waals surface area contributed by atoms with Crippen molar-refractivity contribution < 1.29 is 5.11 Å². The van der Waals surface area contributed by atoms with Crippen LogP contribution >= 0.6 is 0 Å². The topological polar surface area (TPSA) is 55.2 Å². The molecule has 2 heteroatoms. The number of hydrogen-bond acceptors (Lipinski definition) is 2. The molecule has 0 aliphatic heterocycles. The molecule has 0 radical (unpaired) electrons. The second-order valence-electron chi connectivity index (χ2n) is 2.43. The van der Waals surface area contributed by atoms with E-state index in [1.54, 1.807) is 0 Å². The van der Waals surface area contributed by atoms with Gasteiger partial charge < -0.3 is 11.3 Å². The Morgan fingerprint density at radius 2 is 1.27 bits per heavy atom. The van der Waals surface area contributed by atoms with Crippen molar-refractivity contribution in [2.45, 2.75) is 52.9 Å². The average Bonchev–Trinajstić information content (AvgIpc) is 2.01. The Morgan fingerprint density at radius 3 is 1.36 bits per heavy atom. The highest BCUT2D eigenvalue weighted by atomic mass is 16.2. The van der Waals surface area contributed by atoms with Gasteiger partial charge in [0, 0.05) is 6.61 Å². The molecule has 0 bridgehead atoms. The molecule has 0 amide bonds. The van der Waals surface area contributed by atoms with Crippen LogP contribution in [0.5, 0.6) is 0 Å². The molecule has 0 fully saturated rings. The van der Waals surface area contributed by atoms with Gasteiger partial charge in [-0.1, -0.05) is 46.5 Å². The summed E-state index contributed by atoms with van der Waals surface area (Å²) in [5.41, 5.74) is 0. The summed E-state index contributed by atoms with van der Waals surface area (Å²) in [5.74, 6) is 0. The van der Waals surface area contributed by atoms with Crippen molar-refractivity contribution in [3.63, 3.8) is 0 Å². The largest absolute Gasteiger partial charge is 0.396 e. The summed E-state index contributed by atoms with van der Waals surface area (Å²) in [6, 6.07) is 0. The molecule has 0 saturated heterocycles. The van der Waals surface area contributed by atoms with E-state index < -0.39 is 0 Å². The third-order valence-corrected chi connectivity index (χ3v) is 1.26. The molecule has 0 atom stereocenters. The van der Waals surface area contributed by atoms with Crippen LogP contribution < -0.4 is 6.15 Å². The molecule has 0 aromatic carbocycles. The smallest absolute Gasteiger partial charge is 0.0431 e. The van der Waals surface area contributed by atoms with Crippen LogP contribution in [0.1, 0.15) is 52.9 Å². The molecule has 0 aliphatic rings. The molecule has 0 spiro atoms. The van der Waals surface area contributed by atoms with Gasteiger partial charge in [0.2, 0.25) is 0 Å². The van der Waals surface area contributed by atoms with Crippen molar-refractivity contribution in [1.82, 2.24) is 6.15 Å². The number of aliphatic hydroxyl groups is 1. The van der Waals surface area contributed by atoms with E-state index in [4.69, 9.17) is 5.11 Å². The summed E-state index contributed by atoms with van der Waals surface area (Å²) in [4.78, 5) is 0. The fourth-order valence-corrected chi connectivity index (χ4v) is 0.362. The van der Waals surface area contributed by atoms with E-state index in [-0.39, 0.29) is 6.15 Å². The van der Waals surface area contributed by atoms with E-state index in [2.05, 4.69) is 20.8 Å². The first kappa shape index (κ1) is 17.1. The zero-order valence-corrected chi connectivity index (χ0v) is 8.40. The molecule has 0 saturated carbocycles. The number of unbranched alkanes of at least 4 members (excludes halogenated alkanes) is 3. The quantitative estimate of drug-likeness (QED) is 0.625. The Hall–Kier alpha value is -0.0800. The zero-order chi connectivity index (χ0) is 8.24. The lowest BCUT2D eigenvalue weighted by molar-refractivity contribution is 0.284. The highest BCUT2D eigenvalue weighted by molar-refractivity contribution is 4.30. The summed E-state index contributed by atoms with van der Waals surface area (Å²) in [6.07, 6.45) is 5.97. The summed E-state index contributed by atoms with van der Waals surface area (Å²) in [5, 5.41) is 8.20. The van der Waals surface area contributed by atoms with Gasteiger partial charge in [-0.25, -0.2) is 0 Å². The van der Waals surface area contributed by atoms with Crippen LogP contribution in [0.25, 0.3) is 0 Å². The predicted octanol–water partition coefficient (Wildman–Crippen LogP) is 3.14. The first-order valence-electron chi connectivity index (χ1n) is 4.44. The van der Waals surface area contributed by atoms with Gasteiger partial charge in [0.1, 0.15) is 0 Å². The van der Waals surface area contributed by atoms with Crippen molar-refractivity contribution >= 4 is 0 Å². The second-order valence-corrected chi connectivity index (χ2v) is 2.43. The van der Waals surface area contributed by atoms with Crippen molar-refractivity contribution in [2.24, 2.45) is 0 Å². The number of aliphatic hydroxyl groups excluding tert-OH is 1. The third-order valence-electron chi connectivity index (χ3n) is 1.26. The van der Waals surface area contributed by atoms with Crippen LogP contribution in [0.4, 0.5) is 0 Å². The van der Waals surface area contributed by atoms with Crippen LogP contribution in [0, 0.1) is 0 Å². The second kappa shape index (κ2) is 22.5. The summed E-state index contributed by atoms with van der Waals surface area (Å²) >= 11 is 0. The van der Waals surface area contributed by atoms with Crippen molar-refractivity contribution in [3.8, 4) is 0 Å². The van der Waals surface area contributed by atoms with Gasteiger partial charge in [0.25, 0.3) is 0 Å². The fraction of sp³-hybridized carbons (Fsp3) is 1.00. The lowest BCUT2D eigenvalue weighted by atomic mass is 10.3. The standard InChI is InChI=1S/C5H12O.C4H10.H3N/c1-2-3-4-5-6;1-3-4-2;/h6H,2-5H2,1H3;3-4H2,1-2H3;1H3. The van der Waals surface area contributed by atoms with Gasteiger partial charge in [-0.3, -0.25) is 0 Å². The van der Waals surface area contributed by atoms with Crippen molar-refractivity contribution in [1.29, 1.82) is 0 Å². The van der Waals surface area contributed by atoms with E-state index >= 15 is 0 Å². The molecule has 0 aromatic rings. The SMILES string of the molecule is CCCC.CCCCCO.N. The summed E-state index contributed by atoms with van der Waals surface area (Å²) in [7, 11) is 0. The average molecular weight is 163 g/mol. The molecule has 72 valence electrons. The fourth-order valence-electron chi connectivity index (χ4n) is 0.362. The van der Waals surface area contributed by atoms with Crippen LogP contribution in [-0.2, 0) is 0 Å². The lowest BCUT2D eigenvalue weighted by Gasteiger charge is -1.85. The first-order chi connectivity index (χ1) is 4.83. The molecule has 4 N–H and O–H groups in total. The monoisotopic (exact) mass is 163 g/mol. The predicted molar refractivity (Wildman–Crippen MR) is 52.2 cm³/mol. The molecule has 0 rings (SSSR count). The van der Waals surface area contributed by atoms with Crippen LogP contribution in [-0.4, -0.2) is 11.7 Å². The van der Waals surface area contributed by atoms with Gasteiger partial charge >= 0.3 is 0 Å². The van der Waals surface area contributed by atoms with E-state index in [0.29, 0.717) is 6.61 Å². The van der Waals surface area contributed by atoms with Crippen LogP contribution in [0.2, 0.25) is 0 Å². The van der Waals surface area contributed by atoms with Gasteiger partial charge in [0.15, 0.2) is 0 Å². The zero-order valence-electron chi connectivity index (χ0n) is 8.40. The molecule has 2 nitrogen and oxygen atoms in total. The Labute approximate surface area is 71.6 Å². The maximum atomic E-state index is 8.20. The van der Waals surface area contributed by atoms with Crippen LogP contribution in [0.3, 0.4) is 0 Å². The Kier molecular flexibility index (Phi) is 35.1. The highest BCUT2D eigenvalue weighted by Crippen LogP contribution is 1.89. The van der Waals surface area contributed by atoms with Crippen molar-refractivity contribution in [2.75, 3.05) is 6.61 Å². The number of hydrogen-bond donors (Lipinski definition) is 2. The molecule has 0 aromatic heterocycles. The minimum Gasteiger partial charge on any atom is -0.396 e. The maximum absolute atomic E-state index is 8.20. The van der Waals surface area contributed by atoms with Crippen molar-refractivity contribution in [3.05, 3.63) is 0 Å². The maximum Gasteiger partial charge on any atom is 0.0431 e.